The minimum Gasteiger partial charge on any atom is -0.358 e. The first-order valence-electron chi connectivity index (χ1n) is 8.54. The second-order valence-electron chi connectivity index (χ2n) is 6.71. The molecule has 0 aliphatic rings. The third-order valence-corrected chi connectivity index (χ3v) is 4.63. The highest BCUT2D eigenvalue weighted by atomic mass is 16.2. The fourth-order valence-electron chi connectivity index (χ4n) is 2.91. The topological polar surface area (TPSA) is 65.2 Å². The molecule has 0 saturated heterocycles. The van der Waals surface area contributed by atoms with Gasteiger partial charge in [-0.25, -0.2) is 0 Å². The molecule has 0 unspecified atom stereocenters. The van der Waals surface area contributed by atoms with Gasteiger partial charge in [0.15, 0.2) is 0 Å². The van der Waals surface area contributed by atoms with E-state index in [1.807, 2.05) is 44.2 Å². The number of hydrogen-bond acceptors (Lipinski definition) is 2. The first-order valence-corrected chi connectivity index (χ1v) is 8.54. The molecule has 0 saturated carbocycles. The van der Waals surface area contributed by atoms with Crippen LogP contribution in [0.5, 0.6) is 0 Å². The van der Waals surface area contributed by atoms with Crippen LogP contribution in [0.4, 0.5) is 0 Å². The van der Waals surface area contributed by atoms with Gasteiger partial charge in [-0.1, -0.05) is 12.1 Å². The van der Waals surface area contributed by atoms with Crippen molar-refractivity contribution >= 4 is 22.7 Å². The van der Waals surface area contributed by atoms with Gasteiger partial charge in [0.25, 0.3) is 11.8 Å². The second-order valence-corrected chi connectivity index (χ2v) is 6.71. The minimum atomic E-state index is -0.112. The van der Waals surface area contributed by atoms with Gasteiger partial charge in [0.1, 0.15) is 0 Å². The Labute approximate surface area is 153 Å². The number of nitrogens with zero attached hydrogens (tertiary/aromatic N) is 1. The van der Waals surface area contributed by atoms with Crippen molar-refractivity contribution in [3.05, 3.63) is 70.4 Å². The molecule has 5 nitrogen and oxygen atoms in total. The Hall–Kier alpha value is -3.08. The minimum absolute atomic E-state index is 0.0361. The summed E-state index contributed by atoms with van der Waals surface area (Å²) in [5.41, 5.74) is 5.54. The van der Waals surface area contributed by atoms with E-state index in [0.717, 1.165) is 27.7 Å². The van der Waals surface area contributed by atoms with Crippen LogP contribution in [0.25, 0.3) is 10.9 Å². The summed E-state index contributed by atoms with van der Waals surface area (Å²) in [6.45, 7) is 4.49. The third kappa shape index (κ3) is 3.47. The molecule has 3 rings (SSSR count). The van der Waals surface area contributed by atoms with Crippen LogP contribution in [0, 0.1) is 13.8 Å². The summed E-state index contributed by atoms with van der Waals surface area (Å²) in [6, 6.07) is 13.0. The lowest BCUT2D eigenvalue weighted by atomic mass is 10.1. The molecule has 2 N–H and O–H groups in total. The predicted octanol–water partition coefficient (Wildman–Crippen LogP) is 3.42. The van der Waals surface area contributed by atoms with Gasteiger partial charge in [0, 0.05) is 48.4 Å². The summed E-state index contributed by atoms with van der Waals surface area (Å²) in [4.78, 5) is 29.2. The summed E-state index contributed by atoms with van der Waals surface area (Å²) in [5, 5.41) is 4.00. The maximum atomic E-state index is 12.5. The van der Waals surface area contributed by atoms with Crippen molar-refractivity contribution in [1.82, 2.24) is 15.2 Å². The molecule has 26 heavy (non-hydrogen) atoms. The Morgan fingerprint density at radius 1 is 1.00 bits per heavy atom. The summed E-state index contributed by atoms with van der Waals surface area (Å²) in [5.74, 6) is -0.148. The van der Waals surface area contributed by atoms with Crippen molar-refractivity contribution in [2.24, 2.45) is 0 Å². The zero-order valence-corrected chi connectivity index (χ0v) is 15.5. The maximum Gasteiger partial charge on any atom is 0.253 e. The van der Waals surface area contributed by atoms with Gasteiger partial charge in [-0.3, -0.25) is 9.59 Å². The quantitative estimate of drug-likeness (QED) is 0.758. The highest BCUT2D eigenvalue weighted by Gasteiger charge is 2.11. The molecular weight excluding hydrogens is 326 g/mol. The molecular formula is C21H23N3O2. The maximum absolute atomic E-state index is 12.5. The Kier molecular flexibility index (Phi) is 4.80. The third-order valence-electron chi connectivity index (χ3n) is 4.63. The molecule has 0 aliphatic carbocycles. The Morgan fingerprint density at radius 3 is 2.31 bits per heavy atom. The van der Waals surface area contributed by atoms with E-state index in [9.17, 15) is 9.59 Å². The number of amides is 2. The number of carbonyl (C=O) groups excluding carboxylic acids is 2. The fraction of sp³-hybridized carbons (Fsp3) is 0.238. The molecule has 0 atom stereocenters. The number of aromatic amines is 1. The summed E-state index contributed by atoms with van der Waals surface area (Å²) in [7, 11) is 3.45. The molecule has 0 fully saturated rings. The predicted molar refractivity (Wildman–Crippen MR) is 103 cm³/mol. The summed E-state index contributed by atoms with van der Waals surface area (Å²) >= 11 is 0. The van der Waals surface area contributed by atoms with Gasteiger partial charge in [0.2, 0.25) is 0 Å². The molecule has 5 heteroatoms. The average Bonchev–Trinajstić information content (AvgIpc) is 2.93. The van der Waals surface area contributed by atoms with Crippen LogP contribution >= 0.6 is 0 Å². The van der Waals surface area contributed by atoms with E-state index < -0.39 is 0 Å². The molecule has 134 valence electrons. The average molecular weight is 349 g/mol. The highest BCUT2D eigenvalue weighted by Crippen LogP contribution is 2.22. The van der Waals surface area contributed by atoms with Crippen LogP contribution in [-0.4, -0.2) is 35.8 Å². The monoisotopic (exact) mass is 349 g/mol. The first kappa shape index (κ1) is 17.7. The number of aromatic nitrogens is 1. The van der Waals surface area contributed by atoms with Crippen molar-refractivity contribution in [3.63, 3.8) is 0 Å². The van der Waals surface area contributed by atoms with Crippen molar-refractivity contribution in [1.29, 1.82) is 0 Å². The Bertz CT molecular complexity index is 969. The van der Waals surface area contributed by atoms with Crippen LogP contribution in [0.15, 0.2) is 42.5 Å². The van der Waals surface area contributed by atoms with Crippen LogP contribution < -0.4 is 5.32 Å². The second kappa shape index (κ2) is 7.04. The number of hydrogen-bond donors (Lipinski definition) is 2. The lowest BCUT2D eigenvalue weighted by Gasteiger charge is -2.11. The Morgan fingerprint density at radius 2 is 1.65 bits per heavy atom. The summed E-state index contributed by atoms with van der Waals surface area (Å²) in [6.07, 6.45) is 0. The summed E-state index contributed by atoms with van der Waals surface area (Å²) < 4.78 is 0. The van der Waals surface area contributed by atoms with Crippen LogP contribution in [0.1, 0.15) is 37.5 Å². The molecule has 1 heterocycles. The van der Waals surface area contributed by atoms with Gasteiger partial charge < -0.3 is 15.2 Å². The van der Waals surface area contributed by atoms with E-state index in [1.54, 1.807) is 26.2 Å². The molecule has 0 aliphatic heterocycles. The van der Waals surface area contributed by atoms with Gasteiger partial charge in [-0.15, -0.1) is 0 Å². The number of carbonyl (C=O) groups is 2. The van der Waals surface area contributed by atoms with Crippen molar-refractivity contribution < 1.29 is 9.59 Å². The normalized spacial score (nSPS) is 10.8. The molecule has 2 aromatic carbocycles. The van der Waals surface area contributed by atoms with Gasteiger partial charge in [0.05, 0.1) is 0 Å². The molecule has 3 aromatic rings. The highest BCUT2D eigenvalue weighted by molar-refractivity contribution is 5.99. The van der Waals surface area contributed by atoms with Crippen LogP contribution in [0.3, 0.4) is 0 Å². The van der Waals surface area contributed by atoms with E-state index in [0.29, 0.717) is 17.7 Å². The van der Waals surface area contributed by atoms with Crippen molar-refractivity contribution in [3.8, 4) is 0 Å². The molecule has 0 radical (unpaired) electrons. The van der Waals surface area contributed by atoms with E-state index in [2.05, 4.69) is 10.3 Å². The van der Waals surface area contributed by atoms with E-state index >= 15 is 0 Å². The van der Waals surface area contributed by atoms with E-state index in [4.69, 9.17) is 0 Å². The molecule has 1 aromatic heterocycles. The standard InChI is InChI=1S/C21H23N3O2/c1-13-14(2)23-19-10-9-17(11-18(13)19)20(25)22-12-15-5-7-16(8-6-15)21(26)24(3)4/h5-11,23H,12H2,1-4H3,(H,22,25). The molecule has 2 amide bonds. The van der Waals surface area contributed by atoms with Crippen LogP contribution in [-0.2, 0) is 6.54 Å². The van der Waals surface area contributed by atoms with Gasteiger partial charge >= 0.3 is 0 Å². The van der Waals surface area contributed by atoms with E-state index in [-0.39, 0.29) is 11.8 Å². The lowest BCUT2D eigenvalue weighted by Crippen LogP contribution is -2.23. The SMILES string of the molecule is Cc1[nH]c2ccc(C(=O)NCc3ccc(C(=O)N(C)C)cc3)cc2c1C. The number of aryl methyl sites for hydroxylation is 2. The number of H-pyrrole nitrogens is 1. The number of benzene rings is 2. The van der Waals surface area contributed by atoms with Crippen LogP contribution in [0.2, 0.25) is 0 Å². The van der Waals surface area contributed by atoms with Crippen molar-refractivity contribution in [2.75, 3.05) is 14.1 Å². The molecule has 0 spiro atoms. The fourth-order valence-corrected chi connectivity index (χ4v) is 2.91. The first-order chi connectivity index (χ1) is 12.4. The number of fused-ring (bicyclic) bond motifs is 1. The van der Waals surface area contributed by atoms with E-state index in [1.165, 1.54) is 4.90 Å². The lowest BCUT2D eigenvalue weighted by molar-refractivity contribution is 0.0827. The zero-order valence-electron chi connectivity index (χ0n) is 15.5. The van der Waals surface area contributed by atoms with Gasteiger partial charge in [-0.05, 0) is 55.3 Å². The Balaban J connectivity index is 1.69. The van der Waals surface area contributed by atoms with Gasteiger partial charge in [-0.2, -0.15) is 0 Å². The molecule has 0 bridgehead atoms. The zero-order chi connectivity index (χ0) is 18.8. The smallest absolute Gasteiger partial charge is 0.253 e. The number of rotatable bonds is 4. The number of nitrogens with one attached hydrogen (secondary N) is 2. The largest absolute Gasteiger partial charge is 0.358 e. The van der Waals surface area contributed by atoms with Crippen molar-refractivity contribution in [2.45, 2.75) is 20.4 Å².